The van der Waals surface area contributed by atoms with Crippen molar-refractivity contribution < 1.29 is 4.79 Å². The molecular formula is C18H30ClNO. The van der Waals surface area contributed by atoms with Gasteiger partial charge >= 0.3 is 0 Å². The molecule has 2 aliphatic heterocycles. The highest BCUT2D eigenvalue weighted by Gasteiger charge is 2.57. The van der Waals surface area contributed by atoms with Crippen LogP contribution in [0.1, 0.15) is 77.6 Å². The molecule has 3 aliphatic rings. The molecule has 120 valence electrons. The molecule has 0 radical (unpaired) electrons. The quantitative estimate of drug-likeness (QED) is 0.549. The van der Waals surface area contributed by atoms with Gasteiger partial charge in [-0.05, 0) is 25.7 Å². The molecule has 2 heterocycles. The summed E-state index contributed by atoms with van der Waals surface area (Å²) in [6.07, 6.45) is 13.1. The summed E-state index contributed by atoms with van der Waals surface area (Å²) >= 11 is 6.55. The summed E-state index contributed by atoms with van der Waals surface area (Å²) in [6, 6.07) is 0.479. The smallest absolute Gasteiger partial charge is 0.139 e. The zero-order valence-corrected chi connectivity index (χ0v) is 14.2. The van der Waals surface area contributed by atoms with Gasteiger partial charge in [0.15, 0.2) is 0 Å². The lowest BCUT2D eigenvalue weighted by atomic mass is 9.65. The van der Waals surface area contributed by atoms with Crippen molar-refractivity contribution in [2.45, 2.75) is 94.5 Å². The lowest BCUT2D eigenvalue weighted by Gasteiger charge is -2.53. The van der Waals surface area contributed by atoms with Crippen molar-refractivity contribution in [2.75, 3.05) is 6.54 Å². The van der Waals surface area contributed by atoms with Crippen molar-refractivity contribution >= 4 is 17.4 Å². The fourth-order valence-corrected chi connectivity index (χ4v) is 5.71. The average Bonchev–Trinajstić information content (AvgIpc) is 2.80. The van der Waals surface area contributed by atoms with Gasteiger partial charge in [0, 0.05) is 35.8 Å². The molecule has 0 amide bonds. The van der Waals surface area contributed by atoms with E-state index in [9.17, 15) is 4.79 Å². The van der Waals surface area contributed by atoms with Gasteiger partial charge in [0.25, 0.3) is 0 Å². The number of ketones is 1. The minimum Gasteiger partial charge on any atom is -0.299 e. The van der Waals surface area contributed by atoms with Gasteiger partial charge in [-0.2, -0.15) is 0 Å². The molecule has 0 N–H and O–H groups in total. The second-order valence-electron chi connectivity index (χ2n) is 7.53. The molecule has 0 aromatic carbocycles. The summed E-state index contributed by atoms with van der Waals surface area (Å²) in [5.74, 6) is 0.846. The van der Waals surface area contributed by atoms with Crippen LogP contribution >= 0.6 is 11.6 Å². The van der Waals surface area contributed by atoms with Crippen LogP contribution in [0.15, 0.2) is 0 Å². The molecule has 0 bridgehead atoms. The van der Waals surface area contributed by atoms with Crippen LogP contribution in [0, 0.1) is 5.92 Å². The lowest BCUT2D eigenvalue weighted by molar-refractivity contribution is -0.140. The molecule has 2 saturated heterocycles. The maximum Gasteiger partial charge on any atom is 0.139 e. The molecule has 1 saturated carbocycles. The van der Waals surface area contributed by atoms with Crippen molar-refractivity contribution in [1.82, 2.24) is 4.90 Å². The summed E-state index contributed by atoms with van der Waals surface area (Å²) in [4.78, 5) is 15.4. The molecule has 4 atom stereocenters. The van der Waals surface area contributed by atoms with Crippen molar-refractivity contribution in [3.8, 4) is 0 Å². The second-order valence-corrected chi connectivity index (χ2v) is 8.15. The number of carbonyl (C=O) groups excluding carboxylic acids is 1. The summed E-state index contributed by atoms with van der Waals surface area (Å²) in [6.45, 7) is 3.27. The van der Waals surface area contributed by atoms with Gasteiger partial charge in [0.1, 0.15) is 5.78 Å². The summed E-state index contributed by atoms with van der Waals surface area (Å²) in [7, 11) is 0. The fourth-order valence-electron chi connectivity index (χ4n) is 5.29. The predicted octanol–water partition coefficient (Wildman–Crippen LogP) is 4.54. The van der Waals surface area contributed by atoms with Crippen LogP contribution in [0.2, 0.25) is 0 Å². The van der Waals surface area contributed by atoms with E-state index in [1.807, 2.05) is 0 Å². The van der Waals surface area contributed by atoms with Crippen molar-refractivity contribution in [3.05, 3.63) is 0 Å². The van der Waals surface area contributed by atoms with E-state index >= 15 is 0 Å². The third-order valence-electron chi connectivity index (χ3n) is 6.20. The van der Waals surface area contributed by atoms with Gasteiger partial charge < -0.3 is 0 Å². The van der Waals surface area contributed by atoms with Crippen LogP contribution in [0.25, 0.3) is 0 Å². The van der Waals surface area contributed by atoms with E-state index < -0.39 is 0 Å². The number of piperidine rings is 1. The van der Waals surface area contributed by atoms with E-state index in [1.54, 1.807) is 0 Å². The third kappa shape index (κ3) is 2.91. The van der Waals surface area contributed by atoms with E-state index in [0.717, 1.165) is 25.8 Å². The highest BCUT2D eigenvalue weighted by molar-refractivity contribution is 6.21. The van der Waals surface area contributed by atoms with E-state index in [1.165, 1.54) is 51.4 Å². The zero-order chi connectivity index (χ0) is 14.9. The summed E-state index contributed by atoms with van der Waals surface area (Å²) < 4.78 is 0. The highest BCUT2D eigenvalue weighted by Crippen LogP contribution is 2.51. The Morgan fingerprint density at radius 1 is 1.29 bits per heavy atom. The Morgan fingerprint density at radius 3 is 2.95 bits per heavy atom. The van der Waals surface area contributed by atoms with Crippen molar-refractivity contribution in [3.63, 3.8) is 0 Å². The Kier molecular flexibility index (Phi) is 4.95. The maximum absolute atomic E-state index is 12.7. The number of alkyl halides is 1. The highest BCUT2D eigenvalue weighted by atomic mass is 35.5. The number of halogens is 1. The topological polar surface area (TPSA) is 20.3 Å². The van der Waals surface area contributed by atoms with Gasteiger partial charge in [-0.1, -0.05) is 45.4 Å². The van der Waals surface area contributed by atoms with Gasteiger partial charge in [-0.25, -0.2) is 0 Å². The van der Waals surface area contributed by atoms with Crippen LogP contribution in [-0.4, -0.2) is 34.2 Å². The first kappa shape index (κ1) is 15.8. The predicted molar refractivity (Wildman–Crippen MR) is 87.8 cm³/mol. The van der Waals surface area contributed by atoms with Crippen LogP contribution in [0.3, 0.4) is 0 Å². The number of Topliss-reactive ketones (excluding diaryl/α,β-unsaturated/α-hetero) is 1. The third-order valence-corrected chi connectivity index (χ3v) is 6.49. The first-order valence-corrected chi connectivity index (χ1v) is 9.54. The van der Waals surface area contributed by atoms with Gasteiger partial charge in [-0.15, -0.1) is 11.6 Å². The van der Waals surface area contributed by atoms with E-state index in [4.69, 9.17) is 11.6 Å². The standard InChI is InChI=1S/C18H30ClNO/c1-2-3-4-5-8-15-11-17(21)16-9-6-7-10-18(16)12-14(19)13-20(15)18/h14-16H,2-13H2,1H3/t14-,15-,16?,18+/m0/s1. The number of rotatable bonds is 5. The SMILES string of the molecule is CCCCCC[C@H]1CC(=O)C2CCCC[C@@]23C[C@H](Cl)CN13. The molecule has 0 aromatic rings. The van der Waals surface area contributed by atoms with E-state index in [0.29, 0.717) is 17.7 Å². The Balaban J connectivity index is 1.73. The van der Waals surface area contributed by atoms with E-state index in [-0.39, 0.29) is 10.9 Å². The molecule has 1 spiro atoms. The Labute approximate surface area is 134 Å². The van der Waals surface area contributed by atoms with E-state index in [2.05, 4.69) is 11.8 Å². The number of hydrogen-bond donors (Lipinski definition) is 0. The number of unbranched alkanes of at least 4 members (excludes halogenated alkanes) is 3. The molecule has 21 heavy (non-hydrogen) atoms. The second kappa shape index (κ2) is 6.58. The lowest BCUT2D eigenvalue weighted by Crippen LogP contribution is -2.62. The molecule has 3 heteroatoms. The largest absolute Gasteiger partial charge is 0.299 e. The number of nitrogens with zero attached hydrogens (tertiary/aromatic N) is 1. The first-order valence-electron chi connectivity index (χ1n) is 9.11. The minimum absolute atomic E-state index is 0.148. The molecule has 1 unspecified atom stereocenters. The van der Waals surface area contributed by atoms with Crippen LogP contribution < -0.4 is 0 Å². The molecule has 1 aliphatic carbocycles. The average molecular weight is 312 g/mol. The maximum atomic E-state index is 12.7. The Hall–Kier alpha value is -0.0800. The molecule has 3 rings (SSSR count). The van der Waals surface area contributed by atoms with Crippen molar-refractivity contribution in [1.29, 1.82) is 0 Å². The van der Waals surface area contributed by atoms with Crippen LogP contribution in [0.5, 0.6) is 0 Å². The molecule has 2 nitrogen and oxygen atoms in total. The van der Waals surface area contributed by atoms with Gasteiger partial charge in [0.2, 0.25) is 0 Å². The summed E-state index contributed by atoms with van der Waals surface area (Å²) in [5.41, 5.74) is 0.148. The van der Waals surface area contributed by atoms with Crippen LogP contribution in [0.4, 0.5) is 0 Å². The zero-order valence-electron chi connectivity index (χ0n) is 13.5. The van der Waals surface area contributed by atoms with Crippen LogP contribution in [-0.2, 0) is 4.79 Å². The first-order chi connectivity index (χ1) is 10.2. The van der Waals surface area contributed by atoms with Crippen molar-refractivity contribution in [2.24, 2.45) is 5.92 Å². The van der Waals surface area contributed by atoms with Gasteiger partial charge in [-0.3, -0.25) is 9.69 Å². The number of carbonyl (C=O) groups is 1. The molecular weight excluding hydrogens is 282 g/mol. The molecule has 3 fully saturated rings. The Bertz CT molecular complexity index is 385. The monoisotopic (exact) mass is 311 g/mol. The minimum atomic E-state index is 0.148. The number of hydrogen-bond acceptors (Lipinski definition) is 2. The Morgan fingerprint density at radius 2 is 2.14 bits per heavy atom. The fraction of sp³-hybridized carbons (Fsp3) is 0.944. The summed E-state index contributed by atoms with van der Waals surface area (Å²) in [5, 5.41) is 0.259. The normalized spacial score (nSPS) is 40.1. The van der Waals surface area contributed by atoms with Gasteiger partial charge in [0.05, 0.1) is 0 Å². The molecule has 0 aromatic heterocycles.